The number of amides is 4. The highest BCUT2D eigenvalue weighted by Gasteiger charge is 2.51. The third-order valence-corrected chi connectivity index (χ3v) is 4.20. The average Bonchev–Trinajstić information content (AvgIpc) is 2.81. The lowest BCUT2D eigenvalue weighted by atomic mass is 9.87. The average molecular weight is 335 g/mol. The van der Waals surface area contributed by atoms with Gasteiger partial charge in [0.2, 0.25) is 5.91 Å². The van der Waals surface area contributed by atoms with Crippen molar-refractivity contribution in [3.05, 3.63) is 35.6 Å². The number of carbonyl (C=O) groups excluding carboxylic acids is 3. The maximum atomic E-state index is 13.1. The number of imide groups is 1. The van der Waals surface area contributed by atoms with E-state index >= 15 is 0 Å². The topological polar surface area (TPSA) is 78.5 Å². The van der Waals surface area contributed by atoms with Crippen molar-refractivity contribution in [1.82, 2.24) is 15.5 Å². The minimum atomic E-state index is -1.26. The molecule has 0 unspecified atom stereocenters. The maximum absolute atomic E-state index is 13.1. The summed E-state index contributed by atoms with van der Waals surface area (Å²) in [5, 5.41) is 5.34. The molecule has 4 amide bonds. The van der Waals surface area contributed by atoms with Crippen LogP contribution in [0, 0.1) is 5.82 Å². The van der Waals surface area contributed by atoms with Crippen LogP contribution in [0.15, 0.2) is 24.3 Å². The molecule has 0 spiro atoms. The number of benzene rings is 1. The summed E-state index contributed by atoms with van der Waals surface area (Å²) in [5.74, 6) is -1.29. The van der Waals surface area contributed by atoms with Gasteiger partial charge in [-0.15, -0.1) is 0 Å². The summed E-state index contributed by atoms with van der Waals surface area (Å²) >= 11 is 0. The molecule has 1 aliphatic rings. The van der Waals surface area contributed by atoms with Gasteiger partial charge in [-0.05, 0) is 30.5 Å². The number of carbonyl (C=O) groups is 3. The summed E-state index contributed by atoms with van der Waals surface area (Å²) in [7, 11) is 0. The van der Waals surface area contributed by atoms with E-state index in [1.807, 2.05) is 6.92 Å². The smallest absolute Gasteiger partial charge is 0.325 e. The second kappa shape index (κ2) is 7.42. The van der Waals surface area contributed by atoms with Crippen LogP contribution in [0.3, 0.4) is 0 Å². The fourth-order valence-electron chi connectivity index (χ4n) is 2.75. The molecule has 1 heterocycles. The van der Waals surface area contributed by atoms with Gasteiger partial charge >= 0.3 is 6.03 Å². The van der Waals surface area contributed by atoms with Gasteiger partial charge in [-0.1, -0.05) is 32.4 Å². The molecule has 1 atom stereocenters. The van der Waals surface area contributed by atoms with Crippen molar-refractivity contribution in [3.8, 4) is 0 Å². The summed E-state index contributed by atoms with van der Waals surface area (Å²) < 4.78 is 13.1. The number of unbranched alkanes of at least 4 members (excludes halogenated alkanes) is 1. The Hall–Kier alpha value is -2.44. The fraction of sp³-hybridized carbons (Fsp3) is 0.471. The number of hydrogen-bond acceptors (Lipinski definition) is 3. The van der Waals surface area contributed by atoms with Gasteiger partial charge in [0.1, 0.15) is 17.9 Å². The van der Waals surface area contributed by atoms with Crippen molar-refractivity contribution in [2.45, 2.75) is 38.6 Å². The van der Waals surface area contributed by atoms with Gasteiger partial charge in [0.15, 0.2) is 0 Å². The molecule has 1 fully saturated rings. The van der Waals surface area contributed by atoms with Crippen LogP contribution in [0.4, 0.5) is 9.18 Å². The Morgan fingerprint density at radius 3 is 2.50 bits per heavy atom. The summed E-state index contributed by atoms with van der Waals surface area (Å²) in [6.45, 7) is 3.95. The lowest BCUT2D eigenvalue weighted by Crippen LogP contribution is -2.44. The number of urea groups is 1. The summed E-state index contributed by atoms with van der Waals surface area (Å²) in [6.07, 6.45) is 2.07. The van der Waals surface area contributed by atoms with E-state index < -0.39 is 23.3 Å². The number of nitrogens with zero attached hydrogens (tertiary/aromatic N) is 1. The standard InChI is InChI=1S/C17H22FN3O3/c1-3-5-10-19-14(22)11-21-15(23)17(4-2,20-16(21)24)12-6-8-13(18)9-7-12/h6-9H,3-5,10-11H2,1-2H3,(H,19,22)(H,20,24)/t17-/m1/s1. The van der Waals surface area contributed by atoms with Gasteiger partial charge in [0.05, 0.1) is 0 Å². The molecular weight excluding hydrogens is 313 g/mol. The van der Waals surface area contributed by atoms with Crippen LogP contribution >= 0.6 is 0 Å². The molecule has 24 heavy (non-hydrogen) atoms. The number of nitrogens with one attached hydrogen (secondary N) is 2. The predicted molar refractivity (Wildman–Crippen MR) is 86.5 cm³/mol. The Bertz CT molecular complexity index is 632. The first-order valence-corrected chi connectivity index (χ1v) is 8.11. The Morgan fingerprint density at radius 1 is 1.25 bits per heavy atom. The second-order valence-corrected chi connectivity index (χ2v) is 5.79. The SMILES string of the molecule is CCCCNC(=O)CN1C(=O)N[C@](CC)(c2ccc(F)cc2)C1=O. The van der Waals surface area contributed by atoms with E-state index in [9.17, 15) is 18.8 Å². The minimum absolute atomic E-state index is 0.303. The highest BCUT2D eigenvalue weighted by atomic mass is 19.1. The van der Waals surface area contributed by atoms with Crippen molar-refractivity contribution < 1.29 is 18.8 Å². The molecule has 1 aromatic carbocycles. The predicted octanol–water partition coefficient (Wildman–Crippen LogP) is 1.90. The van der Waals surface area contributed by atoms with Crippen LogP contribution in [0.1, 0.15) is 38.7 Å². The number of hydrogen-bond donors (Lipinski definition) is 2. The lowest BCUT2D eigenvalue weighted by Gasteiger charge is -2.25. The van der Waals surface area contributed by atoms with E-state index in [0.29, 0.717) is 18.5 Å². The largest absolute Gasteiger partial charge is 0.355 e. The fourth-order valence-corrected chi connectivity index (χ4v) is 2.75. The quantitative estimate of drug-likeness (QED) is 0.590. The van der Waals surface area contributed by atoms with E-state index in [1.165, 1.54) is 24.3 Å². The van der Waals surface area contributed by atoms with Gasteiger partial charge in [0.25, 0.3) is 5.91 Å². The van der Waals surface area contributed by atoms with E-state index in [0.717, 1.165) is 17.7 Å². The van der Waals surface area contributed by atoms with Gasteiger partial charge in [-0.2, -0.15) is 0 Å². The summed E-state index contributed by atoms with van der Waals surface area (Å²) in [6, 6.07) is 4.82. The van der Waals surface area contributed by atoms with Crippen molar-refractivity contribution in [1.29, 1.82) is 0 Å². The van der Waals surface area contributed by atoms with E-state index in [4.69, 9.17) is 0 Å². The zero-order valence-electron chi connectivity index (χ0n) is 13.9. The van der Waals surface area contributed by atoms with E-state index in [1.54, 1.807) is 6.92 Å². The van der Waals surface area contributed by atoms with Crippen LogP contribution in [-0.4, -0.2) is 35.8 Å². The summed E-state index contributed by atoms with van der Waals surface area (Å²) in [4.78, 5) is 37.8. The summed E-state index contributed by atoms with van der Waals surface area (Å²) in [5.41, 5.74) is -0.757. The molecule has 0 aliphatic carbocycles. The van der Waals surface area contributed by atoms with Gasteiger partial charge in [0, 0.05) is 6.54 Å². The molecule has 130 valence electrons. The first-order chi connectivity index (χ1) is 11.4. The number of halogens is 1. The van der Waals surface area contributed by atoms with Crippen LogP contribution in [0.5, 0.6) is 0 Å². The third-order valence-electron chi connectivity index (χ3n) is 4.20. The molecule has 1 aliphatic heterocycles. The molecule has 0 radical (unpaired) electrons. The molecular formula is C17H22FN3O3. The third kappa shape index (κ3) is 3.39. The number of rotatable bonds is 7. The Labute approximate surface area is 140 Å². The Balaban J connectivity index is 2.16. The molecule has 2 N–H and O–H groups in total. The van der Waals surface area contributed by atoms with Gasteiger partial charge in [-0.25, -0.2) is 9.18 Å². The van der Waals surface area contributed by atoms with E-state index in [2.05, 4.69) is 10.6 Å². The molecule has 0 saturated carbocycles. The molecule has 2 rings (SSSR count). The first kappa shape index (κ1) is 17.9. The van der Waals surface area contributed by atoms with Gasteiger partial charge in [-0.3, -0.25) is 14.5 Å². The molecule has 7 heteroatoms. The monoisotopic (exact) mass is 335 g/mol. The highest BCUT2D eigenvalue weighted by molar-refractivity contribution is 6.09. The van der Waals surface area contributed by atoms with Crippen LogP contribution in [0.25, 0.3) is 0 Å². The van der Waals surface area contributed by atoms with Crippen molar-refractivity contribution in [2.24, 2.45) is 0 Å². The molecule has 6 nitrogen and oxygen atoms in total. The highest BCUT2D eigenvalue weighted by Crippen LogP contribution is 2.32. The lowest BCUT2D eigenvalue weighted by molar-refractivity contribution is -0.135. The minimum Gasteiger partial charge on any atom is -0.355 e. The normalized spacial score (nSPS) is 20.2. The van der Waals surface area contributed by atoms with E-state index in [-0.39, 0.29) is 12.5 Å². The Kier molecular flexibility index (Phi) is 5.54. The molecule has 1 saturated heterocycles. The van der Waals surface area contributed by atoms with Gasteiger partial charge < -0.3 is 10.6 Å². The maximum Gasteiger partial charge on any atom is 0.325 e. The zero-order chi connectivity index (χ0) is 17.7. The van der Waals surface area contributed by atoms with Crippen molar-refractivity contribution in [3.63, 3.8) is 0 Å². The molecule has 0 aromatic heterocycles. The first-order valence-electron chi connectivity index (χ1n) is 8.11. The van der Waals surface area contributed by atoms with Crippen LogP contribution in [0.2, 0.25) is 0 Å². The second-order valence-electron chi connectivity index (χ2n) is 5.79. The zero-order valence-corrected chi connectivity index (χ0v) is 13.9. The van der Waals surface area contributed by atoms with Crippen LogP contribution in [-0.2, 0) is 15.1 Å². The van der Waals surface area contributed by atoms with Crippen molar-refractivity contribution in [2.75, 3.05) is 13.1 Å². The molecule has 1 aromatic rings. The Morgan fingerprint density at radius 2 is 1.92 bits per heavy atom. The molecule has 0 bridgehead atoms. The van der Waals surface area contributed by atoms with Crippen LogP contribution < -0.4 is 10.6 Å². The van der Waals surface area contributed by atoms with Crippen molar-refractivity contribution >= 4 is 17.8 Å².